The Balaban J connectivity index is 3.01. The molecule has 1 rings (SSSR count). The molecule has 1 aromatic carbocycles. The van der Waals surface area contributed by atoms with Gasteiger partial charge in [0.15, 0.2) is 11.6 Å². The van der Waals surface area contributed by atoms with Gasteiger partial charge in [0, 0.05) is 7.11 Å². The number of rotatable bonds is 3. The summed E-state index contributed by atoms with van der Waals surface area (Å²) in [6.07, 6.45) is 0. The van der Waals surface area contributed by atoms with Crippen LogP contribution >= 0.6 is 11.6 Å². The molecule has 4 heteroatoms. The summed E-state index contributed by atoms with van der Waals surface area (Å²) in [5.41, 5.74) is -0.0330. The quantitative estimate of drug-likeness (QED) is 0.704. The maximum Gasteiger partial charge on any atom is 0.191 e. The number of ether oxygens (including phenoxy) is 1. The van der Waals surface area contributed by atoms with E-state index in [9.17, 15) is 9.18 Å². The maximum absolute atomic E-state index is 13.2. The van der Waals surface area contributed by atoms with Crippen molar-refractivity contribution in [3.8, 4) is 0 Å². The van der Waals surface area contributed by atoms with Crippen LogP contribution in [-0.4, -0.2) is 19.5 Å². The molecular weight excluding hydrogens is 195 g/mol. The summed E-state index contributed by atoms with van der Waals surface area (Å²) < 4.78 is 17.8. The molecule has 70 valence electrons. The van der Waals surface area contributed by atoms with Gasteiger partial charge in [0.1, 0.15) is 6.61 Å². The highest BCUT2D eigenvalue weighted by molar-refractivity contribution is 6.31. The molecule has 1 aromatic rings. The van der Waals surface area contributed by atoms with Gasteiger partial charge in [-0.25, -0.2) is 4.39 Å². The molecule has 0 aliphatic rings. The van der Waals surface area contributed by atoms with Gasteiger partial charge in [-0.2, -0.15) is 0 Å². The second kappa shape index (κ2) is 4.35. The Labute approximate surface area is 80.3 Å². The van der Waals surface area contributed by atoms with Crippen LogP contribution in [0.15, 0.2) is 18.2 Å². The number of methoxy groups -OCH3 is 1. The van der Waals surface area contributed by atoms with Crippen LogP contribution < -0.4 is 0 Å². The van der Waals surface area contributed by atoms with Gasteiger partial charge in [0.05, 0.1) is 10.6 Å². The van der Waals surface area contributed by atoms with Crippen molar-refractivity contribution >= 4 is 17.4 Å². The molecule has 0 bridgehead atoms. The minimum Gasteiger partial charge on any atom is -0.377 e. The number of benzene rings is 1. The predicted molar refractivity (Wildman–Crippen MR) is 47.6 cm³/mol. The highest BCUT2D eigenvalue weighted by atomic mass is 35.5. The highest BCUT2D eigenvalue weighted by Crippen LogP contribution is 2.18. The fourth-order valence-corrected chi connectivity index (χ4v) is 1.10. The second-order valence-corrected chi connectivity index (χ2v) is 2.86. The number of Topliss-reactive ketones (excluding diaryl/α,β-unsaturated/α-hetero) is 1. The van der Waals surface area contributed by atoms with Crippen LogP contribution in [0.25, 0.3) is 0 Å². The molecule has 0 aliphatic carbocycles. The van der Waals surface area contributed by atoms with Crippen molar-refractivity contribution in [2.45, 2.75) is 0 Å². The van der Waals surface area contributed by atoms with E-state index in [1.165, 1.54) is 25.3 Å². The van der Waals surface area contributed by atoms with Gasteiger partial charge >= 0.3 is 0 Å². The molecule has 0 saturated carbocycles. The minimum absolute atomic E-state index is 0.0330. The summed E-state index contributed by atoms with van der Waals surface area (Å²) in [5, 5.41) is -0.0537. The molecule has 0 aliphatic heterocycles. The molecule has 0 heterocycles. The summed E-state index contributed by atoms with van der Waals surface area (Å²) >= 11 is 5.49. The Kier molecular flexibility index (Phi) is 3.39. The van der Waals surface area contributed by atoms with Crippen LogP contribution in [0.5, 0.6) is 0 Å². The third-order valence-electron chi connectivity index (χ3n) is 1.53. The Morgan fingerprint density at radius 1 is 1.62 bits per heavy atom. The monoisotopic (exact) mass is 202 g/mol. The topological polar surface area (TPSA) is 26.3 Å². The second-order valence-electron chi connectivity index (χ2n) is 2.46. The molecule has 0 amide bonds. The lowest BCUT2D eigenvalue weighted by Gasteiger charge is -2.01. The van der Waals surface area contributed by atoms with E-state index < -0.39 is 11.6 Å². The first-order valence-electron chi connectivity index (χ1n) is 3.63. The molecule has 0 N–H and O–H groups in total. The fourth-order valence-electron chi connectivity index (χ4n) is 0.928. The van der Waals surface area contributed by atoms with E-state index in [1.54, 1.807) is 0 Å². The van der Waals surface area contributed by atoms with Crippen LogP contribution in [0, 0.1) is 5.82 Å². The van der Waals surface area contributed by atoms with Crippen LogP contribution in [0.4, 0.5) is 4.39 Å². The average Bonchev–Trinajstić information content (AvgIpc) is 2.10. The molecule has 13 heavy (non-hydrogen) atoms. The van der Waals surface area contributed by atoms with Gasteiger partial charge < -0.3 is 4.74 Å². The van der Waals surface area contributed by atoms with Gasteiger partial charge in [0.2, 0.25) is 0 Å². The largest absolute Gasteiger partial charge is 0.377 e. The van der Waals surface area contributed by atoms with E-state index in [-0.39, 0.29) is 17.2 Å². The van der Waals surface area contributed by atoms with Crippen LogP contribution in [0.3, 0.4) is 0 Å². The molecule has 0 atom stereocenters. The molecule has 0 unspecified atom stereocenters. The average molecular weight is 203 g/mol. The molecular formula is C9H8ClFO2. The van der Waals surface area contributed by atoms with E-state index in [2.05, 4.69) is 4.74 Å². The van der Waals surface area contributed by atoms with Crippen molar-refractivity contribution in [3.63, 3.8) is 0 Å². The smallest absolute Gasteiger partial charge is 0.191 e. The standard InChI is InChI=1S/C9H8ClFO2/c1-13-5-8(12)6-3-2-4-7(10)9(6)11/h2-4H,5H2,1H3. The summed E-state index contributed by atoms with van der Waals surface area (Å²) in [5.74, 6) is -1.10. The number of carbonyl (C=O) groups excluding carboxylic acids is 1. The lowest BCUT2D eigenvalue weighted by molar-refractivity contribution is 0.0844. The molecule has 0 fully saturated rings. The zero-order valence-corrected chi connectivity index (χ0v) is 7.77. The molecule has 0 aromatic heterocycles. The Morgan fingerprint density at radius 3 is 2.92 bits per heavy atom. The third kappa shape index (κ3) is 2.26. The van der Waals surface area contributed by atoms with Crippen LogP contribution in [0.2, 0.25) is 5.02 Å². The van der Waals surface area contributed by atoms with E-state index in [0.29, 0.717) is 0 Å². The number of ketones is 1. The molecule has 0 spiro atoms. The third-order valence-corrected chi connectivity index (χ3v) is 1.82. The normalized spacial score (nSPS) is 10.1. The first-order valence-corrected chi connectivity index (χ1v) is 4.00. The first kappa shape index (κ1) is 10.2. The summed E-state index contributed by atoms with van der Waals surface area (Å²) in [7, 11) is 1.38. The zero-order chi connectivity index (χ0) is 9.84. The first-order chi connectivity index (χ1) is 6.16. The molecule has 0 saturated heterocycles. The maximum atomic E-state index is 13.2. The van der Waals surface area contributed by atoms with Crippen LogP contribution in [0.1, 0.15) is 10.4 Å². The Morgan fingerprint density at radius 2 is 2.31 bits per heavy atom. The van der Waals surface area contributed by atoms with Gasteiger partial charge in [-0.1, -0.05) is 17.7 Å². The van der Waals surface area contributed by atoms with Gasteiger partial charge in [0.25, 0.3) is 0 Å². The van der Waals surface area contributed by atoms with Crippen molar-refractivity contribution in [1.82, 2.24) is 0 Å². The number of carbonyl (C=O) groups is 1. The lowest BCUT2D eigenvalue weighted by atomic mass is 10.1. The van der Waals surface area contributed by atoms with Gasteiger partial charge in [-0.3, -0.25) is 4.79 Å². The van der Waals surface area contributed by atoms with E-state index in [4.69, 9.17) is 11.6 Å². The molecule has 0 radical (unpaired) electrons. The zero-order valence-electron chi connectivity index (χ0n) is 7.01. The van der Waals surface area contributed by atoms with Crippen molar-refractivity contribution in [2.75, 3.05) is 13.7 Å². The highest BCUT2D eigenvalue weighted by Gasteiger charge is 2.13. The minimum atomic E-state index is -0.689. The van der Waals surface area contributed by atoms with E-state index >= 15 is 0 Å². The number of hydrogen-bond acceptors (Lipinski definition) is 2. The van der Waals surface area contributed by atoms with Crippen molar-refractivity contribution in [3.05, 3.63) is 34.6 Å². The SMILES string of the molecule is COCC(=O)c1cccc(Cl)c1F. The van der Waals surface area contributed by atoms with Crippen molar-refractivity contribution < 1.29 is 13.9 Å². The Hall–Kier alpha value is -0.930. The predicted octanol–water partition coefficient (Wildman–Crippen LogP) is 2.31. The van der Waals surface area contributed by atoms with Crippen molar-refractivity contribution in [1.29, 1.82) is 0 Å². The van der Waals surface area contributed by atoms with E-state index in [0.717, 1.165) is 0 Å². The Bertz CT molecular complexity index is 325. The summed E-state index contributed by atoms with van der Waals surface area (Å²) in [6.45, 7) is -0.142. The fraction of sp³-hybridized carbons (Fsp3) is 0.222. The number of hydrogen-bond donors (Lipinski definition) is 0. The van der Waals surface area contributed by atoms with Gasteiger partial charge in [-0.05, 0) is 12.1 Å². The van der Waals surface area contributed by atoms with Crippen molar-refractivity contribution in [2.24, 2.45) is 0 Å². The van der Waals surface area contributed by atoms with Gasteiger partial charge in [-0.15, -0.1) is 0 Å². The van der Waals surface area contributed by atoms with Crippen LogP contribution in [-0.2, 0) is 4.74 Å². The summed E-state index contributed by atoms with van der Waals surface area (Å²) in [4.78, 5) is 11.2. The summed E-state index contributed by atoms with van der Waals surface area (Å²) in [6, 6.07) is 4.29. The van der Waals surface area contributed by atoms with E-state index in [1.807, 2.05) is 0 Å². The number of halogens is 2. The lowest BCUT2D eigenvalue weighted by Crippen LogP contribution is -2.09. The molecule has 2 nitrogen and oxygen atoms in total.